The molecule has 3 aromatic heterocycles. The van der Waals surface area contributed by atoms with Gasteiger partial charge in [0.1, 0.15) is 18.2 Å². The van der Waals surface area contributed by atoms with Gasteiger partial charge in [-0.15, -0.1) is 0 Å². The maximum atomic E-state index is 14.0. The SMILES string of the molecule is Cc1cnc([C@H](Cc2cc(F)cc(F)c2)NC(=O)Cn2nc(C(F)(F)F)c3c2CCCC3)c(-c2ccc(F)nc2)c1. The van der Waals surface area contributed by atoms with Crippen molar-refractivity contribution in [1.82, 2.24) is 25.1 Å². The maximum Gasteiger partial charge on any atom is 0.435 e. The lowest BCUT2D eigenvalue weighted by atomic mass is 9.95. The zero-order chi connectivity index (χ0) is 29.3. The molecule has 1 atom stereocenters. The highest BCUT2D eigenvalue weighted by molar-refractivity contribution is 5.77. The molecule has 1 aromatic carbocycles. The van der Waals surface area contributed by atoms with Crippen molar-refractivity contribution in [1.29, 1.82) is 0 Å². The molecule has 0 saturated heterocycles. The zero-order valence-corrected chi connectivity index (χ0v) is 21.9. The van der Waals surface area contributed by atoms with Crippen LogP contribution in [0.15, 0.2) is 48.8 Å². The van der Waals surface area contributed by atoms with Gasteiger partial charge < -0.3 is 5.32 Å². The van der Waals surface area contributed by atoms with E-state index in [1.165, 1.54) is 12.3 Å². The number of fused-ring (bicyclic) bond motifs is 1. The summed E-state index contributed by atoms with van der Waals surface area (Å²) in [7, 11) is 0. The first-order valence-electron chi connectivity index (χ1n) is 13.0. The Labute approximate surface area is 231 Å². The summed E-state index contributed by atoms with van der Waals surface area (Å²) < 4.78 is 83.7. The average molecular weight is 574 g/mol. The van der Waals surface area contributed by atoms with Crippen LogP contribution in [-0.4, -0.2) is 25.7 Å². The number of rotatable bonds is 7. The van der Waals surface area contributed by atoms with E-state index >= 15 is 0 Å². The number of amides is 1. The molecule has 0 bridgehead atoms. The second-order valence-corrected chi connectivity index (χ2v) is 10.1. The lowest BCUT2D eigenvalue weighted by Crippen LogP contribution is -2.34. The molecule has 1 aliphatic rings. The Balaban J connectivity index is 1.51. The molecule has 12 heteroatoms. The number of hydrogen-bond donors (Lipinski definition) is 1. The highest BCUT2D eigenvalue weighted by Gasteiger charge is 2.39. The van der Waals surface area contributed by atoms with Gasteiger partial charge in [0.25, 0.3) is 0 Å². The molecular weight excluding hydrogens is 548 g/mol. The molecule has 0 spiro atoms. The maximum absolute atomic E-state index is 14.0. The number of aryl methyl sites for hydroxylation is 1. The molecule has 3 heterocycles. The number of nitrogens with one attached hydrogen (secondary N) is 1. The lowest BCUT2D eigenvalue weighted by Gasteiger charge is -2.22. The van der Waals surface area contributed by atoms with Gasteiger partial charge in [0.05, 0.1) is 11.7 Å². The van der Waals surface area contributed by atoms with Crippen molar-refractivity contribution < 1.29 is 31.1 Å². The van der Waals surface area contributed by atoms with Crippen molar-refractivity contribution in [2.45, 2.75) is 57.8 Å². The predicted molar refractivity (Wildman–Crippen MR) is 137 cm³/mol. The molecule has 0 radical (unpaired) electrons. The van der Waals surface area contributed by atoms with E-state index in [0.29, 0.717) is 41.8 Å². The second kappa shape index (κ2) is 11.3. The van der Waals surface area contributed by atoms with Crippen LogP contribution in [0.4, 0.5) is 26.3 Å². The largest absolute Gasteiger partial charge is 0.435 e. The number of aromatic nitrogens is 4. The van der Waals surface area contributed by atoms with Crippen molar-refractivity contribution in [2.24, 2.45) is 0 Å². The Morgan fingerprint density at radius 3 is 2.41 bits per heavy atom. The van der Waals surface area contributed by atoms with Crippen molar-refractivity contribution >= 4 is 5.91 Å². The third-order valence-electron chi connectivity index (χ3n) is 6.94. The fourth-order valence-electron chi connectivity index (χ4n) is 5.21. The number of benzene rings is 1. The summed E-state index contributed by atoms with van der Waals surface area (Å²) in [5, 5.41) is 6.53. The Morgan fingerprint density at radius 2 is 1.73 bits per heavy atom. The molecule has 4 aromatic rings. The van der Waals surface area contributed by atoms with Gasteiger partial charge in [0.15, 0.2) is 5.69 Å². The van der Waals surface area contributed by atoms with E-state index in [1.807, 2.05) is 0 Å². The minimum absolute atomic E-state index is 0.0941. The molecule has 1 aliphatic carbocycles. The zero-order valence-electron chi connectivity index (χ0n) is 21.9. The number of alkyl halides is 3. The van der Waals surface area contributed by atoms with Gasteiger partial charge in [-0.05, 0) is 80.5 Å². The van der Waals surface area contributed by atoms with E-state index in [2.05, 4.69) is 20.4 Å². The molecule has 1 amide bonds. The van der Waals surface area contributed by atoms with Crippen molar-refractivity contribution in [2.75, 3.05) is 0 Å². The van der Waals surface area contributed by atoms with Gasteiger partial charge in [-0.3, -0.25) is 14.5 Å². The van der Waals surface area contributed by atoms with Gasteiger partial charge in [-0.2, -0.15) is 22.7 Å². The minimum Gasteiger partial charge on any atom is -0.346 e. The molecule has 0 aliphatic heterocycles. The van der Waals surface area contributed by atoms with Gasteiger partial charge in [0.2, 0.25) is 11.9 Å². The van der Waals surface area contributed by atoms with Crippen LogP contribution in [0.5, 0.6) is 0 Å². The normalized spacial score (nSPS) is 14.0. The predicted octanol–water partition coefficient (Wildman–Crippen LogP) is 6.06. The summed E-state index contributed by atoms with van der Waals surface area (Å²) in [5.41, 5.74) is 1.74. The van der Waals surface area contributed by atoms with Crippen LogP contribution in [-0.2, 0) is 36.8 Å². The molecule has 0 saturated carbocycles. The summed E-state index contributed by atoms with van der Waals surface area (Å²) in [4.78, 5) is 21.5. The third-order valence-corrected chi connectivity index (χ3v) is 6.94. The fourth-order valence-corrected chi connectivity index (χ4v) is 5.21. The van der Waals surface area contributed by atoms with Crippen LogP contribution in [0.2, 0.25) is 0 Å². The van der Waals surface area contributed by atoms with Crippen LogP contribution in [0.3, 0.4) is 0 Å². The minimum atomic E-state index is -4.66. The highest BCUT2D eigenvalue weighted by Crippen LogP contribution is 2.36. The van der Waals surface area contributed by atoms with Crippen LogP contribution in [0.1, 0.15) is 52.7 Å². The Kier molecular flexibility index (Phi) is 7.83. The molecule has 41 heavy (non-hydrogen) atoms. The fraction of sp³-hybridized carbons (Fsp3) is 0.310. The first kappa shape index (κ1) is 28.3. The molecule has 214 valence electrons. The van der Waals surface area contributed by atoms with Crippen LogP contribution >= 0.6 is 0 Å². The summed E-state index contributed by atoms with van der Waals surface area (Å²) in [5.74, 6) is -2.99. The summed E-state index contributed by atoms with van der Waals surface area (Å²) >= 11 is 0. The number of carbonyl (C=O) groups is 1. The number of nitrogens with zero attached hydrogens (tertiary/aromatic N) is 4. The van der Waals surface area contributed by atoms with Crippen LogP contribution in [0.25, 0.3) is 11.1 Å². The van der Waals surface area contributed by atoms with E-state index < -0.39 is 47.9 Å². The molecule has 0 fully saturated rings. The summed E-state index contributed by atoms with van der Waals surface area (Å²) in [6.45, 7) is 1.29. The Morgan fingerprint density at radius 1 is 1.00 bits per heavy atom. The smallest absolute Gasteiger partial charge is 0.346 e. The van der Waals surface area contributed by atoms with Gasteiger partial charge >= 0.3 is 6.18 Å². The van der Waals surface area contributed by atoms with Crippen LogP contribution < -0.4 is 5.32 Å². The quantitative estimate of drug-likeness (QED) is 0.215. The van der Waals surface area contributed by atoms with E-state index in [-0.39, 0.29) is 24.0 Å². The van der Waals surface area contributed by atoms with Gasteiger partial charge in [-0.1, -0.05) is 0 Å². The van der Waals surface area contributed by atoms with Crippen molar-refractivity contribution in [3.8, 4) is 11.1 Å². The summed E-state index contributed by atoms with van der Waals surface area (Å²) in [6, 6.07) is 6.40. The lowest BCUT2D eigenvalue weighted by molar-refractivity contribution is -0.142. The first-order valence-corrected chi connectivity index (χ1v) is 13.0. The highest BCUT2D eigenvalue weighted by atomic mass is 19.4. The second-order valence-electron chi connectivity index (χ2n) is 10.1. The monoisotopic (exact) mass is 573 g/mol. The van der Waals surface area contributed by atoms with Crippen LogP contribution in [0, 0.1) is 24.5 Å². The number of pyridine rings is 2. The third kappa shape index (κ3) is 6.41. The topological polar surface area (TPSA) is 72.7 Å². The van der Waals surface area contributed by atoms with E-state index in [9.17, 15) is 31.1 Å². The molecular formula is C29H25F6N5O. The standard InChI is InChI=1S/C29H25F6N5O/c1-16-8-22(18-6-7-25(32)36-14-18)27(37-13-16)23(11-17-9-19(30)12-20(31)10-17)38-26(41)15-40-24-5-3-2-4-21(24)28(39-40)29(33,34)35/h6-10,12-14,23H,2-5,11,15H2,1H3,(H,38,41)/t23-/m0/s1. The molecule has 1 N–H and O–H groups in total. The van der Waals surface area contributed by atoms with E-state index in [1.54, 1.807) is 19.2 Å². The van der Waals surface area contributed by atoms with Gasteiger partial charge in [0, 0.05) is 40.8 Å². The number of halogens is 6. The summed E-state index contributed by atoms with van der Waals surface area (Å²) in [6.07, 6.45) is -0.0552. The molecule has 6 nitrogen and oxygen atoms in total. The Hall–Kier alpha value is -4.22. The molecule has 0 unspecified atom stereocenters. The average Bonchev–Trinajstić information content (AvgIpc) is 3.27. The molecule has 5 rings (SSSR count). The first-order chi connectivity index (χ1) is 19.5. The van der Waals surface area contributed by atoms with E-state index in [4.69, 9.17) is 0 Å². The van der Waals surface area contributed by atoms with E-state index in [0.717, 1.165) is 34.5 Å². The number of hydrogen-bond acceptors (Lipinski definition) is 4. The Bertz CT molecular complexity index is 1560. The number of carbonyl (C=O) groups excluding carboxylic acids is 1. The van der Waals surface area contributed by atoms with Crippen molar-refractivity contribution in [3.05, 3.63) is 100 Å². The van der Waals surface area contributed by atoms with Gasteiger partial charge in [-0.25, -0.2) is 13.8 Å². The van der Waals surface area contributed by atoms with Crippen molar-refractivity contribution in [3.63, 3.8) is 0 Å².